The summed E-state index contributed by atoms with van der Waals surface area (Å²) >= 11 is 0. The molecule has 0 N–H and O–H groups in total. The highest BCUT2D eigenvalue weighted by Gasteiger charge is 2.05. The predicted molar refractivity (Wildman–Crippen MR) is 73.5 cm³/mol. The Bertz CT molecular complexity index is 673. The van der Waals surface area contributed by atoms with Gasteiger partial charge in [0.05, 0.1) is 18.4 Å². The summed E-state index contributed by atoms with van der Waals surface area (Å²) in [6, 6.07) is 16.1. The second-order valence-electron chi connectivity index (χ2n) is 4.45. The number of hydrogen-bond acceptors (Lipinski definition) is 3. The van der Waals surface area contributed by atoms with Gasteiger partial charge >= 0.3 is 0 Å². The summed E-state index contributed by atoms with van der Waals surface area (Å²) in [5.41, 5.74) is 3.85. The number of hydrogen-bond donors (Lipinski definition) is 0. The monoisotopic (exact) mass is 250 g/mol. The number of rotatable bonds is 3. The second kappa shape index (κ2) is 5.02. The minimum Gasteiger partial charge on any atom is -0.251 e. The quantitative estimate of drug-likeness (QED) is 0.717. The first-order valence-corrected chi connectivity index (χ1v) is 6.19. The van der Waals surface area contributed by atoms with Gasteiger partial charge in [-0.15, -0.1) is 5.10 Å². The van der Waals surface area contributed by atoms with Gasteiger partial charge in [0, 0.05) is 5.69 Å². The molecule has 0 aliphatic carbocycles. The van der Waals surface area contributed by atoms with Crippen molar-refractivity contribution in [1.29, 1.82) is 0 Å². The predicted octanol–water partition coefficient (Wildman–Crippen LogP) is 2.70. The van der Waals surface area contributed by atoms with Crippen LogP contribution in [0.15, 0.2) is 54.7 Å². The van der Waals surface area contributed by atoms with Crippen LogP contribution in [0.2, 0.25) is 0 Å². The Morgan fingerprint density at radius 1 is 0.947 bits per heavy atom. The Morgan fingerprint density at radius 3 is 2.58 bits per heavy atom. The van der Waals surface area contributed by atoms with Gasteiger partial charge in [0.15, 0.2) is 0 Å². The Kier molecular flexibility index (Phi) is 3.06. The number of nitrogens with zero attached hydrogens (tertiary/aromatic N) is 4. The third-order valence-corrected chi connectivity index (χ3v) is 2.88. The summed E-state index contributed by atoms with van der Waals surface area (Å²) in [7, 11) is 0. The SMILES string of the molecule is Cc1cccc(-c2cn(Cc3ccccc3)nn2)n1. The van der Waals surface area contributed by atoms with E-state index in [9.17, 15) is 0 Å². The van der Waals surface area contributed by atoms with E-state index in [1.807, 2.05) is 54.2 Å². The molecule has 0 aliphatic rings. The van der Waals surface area contributed by atoms with E-state index in [0.717, 1.165) is 23.6 Å². The Balaban J connectivity index is 1.84. The van der Waals surface area contributed by atoms with Crippen LogP contribution in [0.1, 0.15) is 11.3 Å². The first kappa shape index (κ1) is 11.6. The van der Waals surface area contributed by atoms with Gasteiger partial charge in [-0.05, 0) is 24.6 Å². The second-order valence-corrected chi connectivity index (χ2v) is 4.45. The minimum absolute atomic E-state index is 0.722. The first-order chi connectivity index (χ1) is 9.31. The van der Waals surface area contributed by atoms with Gasteiger partial charge in [-0.3, -0.25) is 4.98 Å². The first-order valence-electron chi connectivity index (χ1n) is 6.19. The molecule has 0 saturated carbocycles. The summed E-state index contributed by atoms with van der Waals surface area (Å²) in [6.45, 7) is 2.69. The molecule has 3 aromatic rings. The molecule has 0 unspecified atom stereocenters. The molecular weight excluding hydrogens is 236 g/mol. The Morgan fingerprint density at radius 2 is 1.79 bits per heavy atom. The number of aryl methyl sites for hydroxylation is 1. The fourth-order valence-corrected chi connectivity index (χ4v) is 1.95. The highest BCUT2D eigenvalue weighted by Crippen LogP contribution is 2.13. The molecule has 0 bridgehead atoms. The van der Waals surface area contributed by atoms with Crippen LogP contribution in [0.3, 0.4) is 0 Å². The van der Waals surface area contributed by atoms with Gasteiger partial charge in [-0.2, -0.15) is 0 Å². The van der Waals surface area contributed by atoms with Crippen LogP contribution in [0.25, 0.3) is 11.4 Å². The summed E-state index contributed by atoms with van der Waals surface area (Å²) < 4.78 is 1.83. The van der Waals surface area contributed by atoms with Crippen LogP contribution in [0.4, 0.5) is 0 Å². The van der Waals surface area contributed by atoms with Crippen molar-refractivity contribution < 1.29 is 0 Å². The maximum absolute atomic E-state index is 4.45. The molecule has 94 valence electrons. The molecule has 2 aromatic heterocycles. The maximum atomic E-state index is 4.45. The van der Waals surface area contributed by atoms with Gasteiger partial charge < -0.3 is 0 Å². The standard InChI is InChI=1S/C15H14N4/c1-12-6-5-9-14(16-12)15-11-19(18-17-15)10-13-7-3-2-4-8-13/h2-9,11H,10H2,1H3. The van der Waals surface area contributed by atoms with E-state index in [1.165, 1.54) is 5.56 Å². The van der Waals surface area contributed by atoms with E-state index < -0.39 is 0 Å². The van der Waals surface area contributed by atoms with E-state index in [4.69, 9.17) is 0 Å². The van der Waals surface area contributed by atoms with Crippen molar-refractivity contribution in [1.82, 2.24) is 20.0 Å². The summed E-state index contributed by atoms with van der Waals surface area (Å²) in [5.74, 6) is 0. The molecule has 0 radical (unpaired) electrons. The Hall–Kier alpha value is -2.49. The van der Waals surface area contributed by atoms with E-state index >= 15 is 0 Å². The highest BCUT2D eigenvalue weighted by molar-refractivity contribution is 5.52. The van der Waals surface area contributed by atoms with Crippen LogP contribution < -0.4 is 0 Å². The lowest BCUT2D eigenvalue weighted by molar-refractivity contribution is 0.650. The Labute approximate surface area is 111 Å². The van der Waals surface area contributed by atoms with Gasteiger partial charge in [-0.1, -0.05) is 41.6 Å². The van der Waals surface area contributed by atoms with E-state index in [-0.39, 0.29) is 0 Å². The van der Waals surface area contributed by atoms with Crippen LogP contribution in [0.5, 0.6) is 0 Å². The minimum atomic E-state index is 0.722. The molecule has 1 aromatic carbocycles. The number of benzene rings is 1. The molecule has 19 heavy (non-hydrogen) atoms. The lowest BCUT2D eigenvalue weighted by Gasteiger charge is -1.99. The normalized spacial score (nSPS) is 10.6. The maximum Gasteiger partial charge on any atom is 0.131 e. The molecule has 0 atom stereocenters. The molecule has 0 saturated heterocycles. The van der Waals surface area contributed by atoms with E-state index in [0.29, 0.717) is 0 Å². The van der Waals surface area contributed by atoms with Crippen molar-refractivity contribution in [3.05, 3.63) is 66.0 Å². The number of pyridine rings is 1. The zero-order chi connectivity index (χ0) is 13.1. The zero-order valence-electron chi connectivity index (χ0n) is 10.7. The zero-order valence-corrected chi connectivity index (χ0v) is 10.7. The van der Waals surface area contributed by atoms with Crippen LogP contribution in [0, 0.1) is 6.92 Å². The van der Waals surface area contributed by atoms with Crippen LogP contribution >= 0.6 is 0 Å². The van der Waals surface area contributed by atoms with Gasteiger partial charge in [-0.25, -0.2) is 4.68 Å². The van der Waals surface area contributed by atoms with Crippen molar-refractivity contribution in [2.75, 3.05) is 0 Å². The number of aromatic nitrogens is 4. The van der Waals surface area contributed by atoms with Crippen molar-refractivity contribution in [3.63, 3.8) is 0 Å². The third-order valence-electron chi connectivity index (χ3n) is 2.88. The highest BCUT2D eigenvalue weighted by atomic mass is 15.4. The van der Waals surface area contributed by atoms with Gasteiger partial charge in [0.1, 0.15) is 5.69 Å². The average Bonchev–Trinajstić information content (AvgIpc) is 2.88. The molecule has 3 rings (SSSR count). The fraction of sp³-hybridized carbons (Fsp3) is 0.133. The lowest BCUT2D eigenvalue weighted by Crippen LogP contribution is -1.99. The molecule has 2 heterocycles. The molecule has 4 nitrogen and oxygen atoms in total. The van der Waals surface area contributed by atoms with Crippen molar-refractivity contribution in [2.45, 2.75) is 13.5 Å². The molecule has 0 spiro atoms. The summed E-state index contributed by atoms with van der Waals surface area (Å²) in [4.78, 5) is 4.45. The van der Waals surface area contributed by atoms with Crippen LogP contribution in [-0.4, -0.2) is 20.0 Å². The third kappa shape index (κ3) is 2.68. The smallest absolute Gasteiger partial charge is 0.131 e. The van der Waals surface area contributed by atoms with Crippen molar-refractivity contribution >= 4 is 0 Å². The molecular formula is C15H14N4. The topological polar surface area (TPSA) is 43.6 Å². The average molecular weight is 250 g/mol. The van der Waals surface area contributed by atoms with Crippen molar-refractivity contribution in [3.8, 4) is 11.4 Å². The van der Waals surface area contributed by atoms with Gasteiger partial charge in [0.25, 0.3) is 0 Å². The molecule has 0 fully saturated rings. The molecule has 0 amide bonds. The molecule has 4 heteroatoms. The van der Waals surface area contributed by atoms with E-state index in [1.54, 1.807) is 0 Å². The summed E-state index contributed by atoms with van der Waals surface area (Å²) in [6.07, 6.45) is 1.93. The largest absolute Gasteiger partial charge is 0.251 e. The fourth-order valence-electron chi connectivity index (χ4n) is 1.95. The van der Waals surface area contributed by atoms with Crippen molar-refractivity contribution in [2.24, 2.45) is 0 Å². The summed E-state index contributed by atoms with van der Waals surface area (Å²) in [5, 5.41) is 8.32. The molecule has 0 aliphatic heterocycles. The van der Waals surface area contributed by atoms with Crippen LogP contribution in [-0.2, 0) is 6.54 Å². The van der Waals surface area contributed by atoms with Gasteiger partial charge in [0.2, 0.25) is 0 Å². The van der Waals surface area contributed by atoms with E-state index in [2.05, 4.69) is 27.4 Å². The lowest BCUT2D eigenvalue weighted by atomic mass is 10.2.